The zero-order valence-electron chi connectivity index (χ0n) is 11.8. The minimum Gasteiger partial charge on any atom is -0.441 e. The van der Waals surface area contributed by atoms with Crippen LogP contribution in [0.3, 0.4) is 0 Å². The van der Waals surface area contributed by atoms with Crippen LogP contribution in [0.1, 0.15) is 16.3 Å². The summed E-state index contributed by atoms with van der Waals surface area (Å²) in [6.07, 6.45) is 1.25. The first kappa shape index (κ1) is 13.8. The van der Waals surface area contributed by atoms with E-state index in [0.717, 1.165) is 28.0 Å². The molecule has 4 nitrogen and oxygen atoms in total. The number of aromatic nitrogens is 1. The van der Waals surface area contributed by atoms with Crippen LogP contribution in [0.5, 0.6) is 0 Å². The average Bonchev–Trinajstić information content (AvgIpc) is 3.06. The quantitative estimate of drug-likeness (QED) is 0.787. The van der Waals surface area contributed by atoms with Crippen molar-refractivity contribution in [1.29, 1.82) is 0 Å². The number of amides is 1. The van der Waals surface area contributed by atoms with E-state index in [9.17, 15) is 4.79 Å². The van der Waals surface area contributed by atoms with Gasteiger partial charge in [0.05, 0.1) is 6.42 Å². The lowest BCUT2D eigenvalue weighted by Gasteiger charge is -2.04. The number of oxazole rings is 1. The first-order chi connectivity index (χ1) is 10.2. The van der Waals surface area contributed by atoms with Crippen LogP contribution in [0.25, 0.3) is 11.1 Å². The largest absolute Gasteiger partial charge is 0.441 e. The molecule has 0 saturated heterocycles. The van der Waals surface area contributed by atoms with Crippen molar-refractivity contribution in [3.8, 4) is 0 Å². The van der Waals surface area contributed by atoms with E-state index in [2.05, 4.69) is 10.3 Å². The highest BCUT2D eigenvalue weighted by molar-refractivity contribution is 7.10. The third kappa shape index (κ3) is 3.49. The molecule has 0 radical (unpaired) electrons. The number of aryl methyl sites for hydroxylation is 1. The van der Waals surface area contributed by atoms with Gasteiger partial charge in [-0.25, -0.2) is 4.98 Å². The van der Waals surface area contributed by atoms with Gasteiger partial charge in [0.15, 0.2) is 11.5 Å². The first-order valence-corrected chi connectivity index (χ1v) is 7.74. The van der Waals surface area contributed by atoms with Gasteiger partial charge in [-0.05, 0) is 35.6 Å². The minimum atomic E-state index is 0.0656. The van der Waals surface area contributed by atoms with Gasteiger partial charge in [-0.2, -0.15) is 0 Å². The van der Waals surface area contributed by atoms with Crippen molar-refractivity contribution in [3.05, 3.63) is 52.0 Å². The fourth-order valence-electron chi connectivity index (χ4n) is 2.22. The van der Waals surface area contributed by atoms with Crippen LogP contribution < -0.4 is 5.32 Å². The zero-order chi connectivity index (χ0) is 14.7. The molecule has 0 aliphatic carbocycles. The molecular weight excluding hydrogens is 284 g/mol. The van der Waals surface area contributed by atoms with Crippen LogP contribution >= 0.6 is 11.3 Å². The number of rotatable bonds is 5. The Morgan fingerprint density at radius 3 is 3.10 bits per heavy atom. The SMILES string of the molecule is Cc1nc2cc(CCNC(=O)Cc3cccs3)ccc2o1. The van der Waals surface area contributed by atoms with Gasteiger partial charge >= 0.3 is 0 Å². The van der Waals surface area contributed by atoms with Crippen molar-refractivity contribution in [2.45, 2.75) is 19.8 Å². The molecule has 0 bridgehead atoms. The number of carbonyl (C=O) groups excluding carboxylic acids is 1. The monoisotopic (exact) mass is 300 g/mol. The molecule has 3 aromatic rings. The Hall–Kier alpha value is -2.14. The third-order valence-electron chi connectivity index (χ3n) is 3.21. The number of carbonyl (C=O) groups is 1. The lowest BCUT2D eigenvalue weighted by atomic mass is 10.1. The molecule has 0 spiro atoms. The van der Waals surface area contributed by atoms with E-state index in [-0.39, 0.29) is 5.91 Å². The van der Waals surface area contributed by atoms with Gasteiger partial charge in [0.2, 0.25) is 5.91 Å². The molecule has 2 heterocycles. The van der Waals surface area contributed by atoms with Crippen LogP contribution in [0, 0.1) is 6.92 Å². The molecule has 0 atom stereocenters. The maximum absolute atomic E-state index is 11.8. The van der Waals surface area contributed by atoms with Crippen molar-refractivity contribution in [3.63, 3.8) is 0 Å². The summed E-state index contributed by atoms with van der Waals surface area (Å²) in [4.78, 5) is 17.2. The normalized spacial score (nSPS) is 10.9. The van der Waals surface area contributed by atoms with Crippen molar-refractivity contribution in [2.75, 3.05) is 6.54 Å². The molecule has 0 fully saturated rings. The Balaban J connectivity index is 1.53. The number of fused-ring (bicyclic) bond motifs is 1. The van der Waals surface area contributed by atoms with Crippen molar-refractivity contribution < 1.29 is 9.21 Å². The number of nitrogens with one attached hydrogen (secondary N) is 1. The van der Waals surface area contributed by atoms with Crippen LogP contribution in [0.2, 0.25) is 0 Å². The predicted octanol–water partition coefficient (Wildman–Crippen LogP) is 3.10. The molecule has 1 N–H and O–H groups in total. The molecule has 1 aromatic carbocycles. The summed E-state index contributed by atoms with van der Waals surface area (Å²) >= 11 is 1.61. The molecule has 0 aliphatic heterocycles. The van der Waals surface area contributed by atoms with Crippen molar-refractivity contribution in [1.82, 2.24) is 10.3 Å². The second-order valence-corrected chi connectivity index (χ2v) is 5.92. The molecule has 21 heavy (non-hydrogen) atoms. The number of hydrogen-bond acceptors (Lipinski definition) is 4. The van der Waals surface area contributed by atoms with E-state index in [1.54, 1.807) is 11.3 Å². The maximum Gasteiger partial charge on any atom is 0.225 e. The summed E-state index contributed by atoms with van der Waals surface area (Å²) in [7, 11) is 0. The molecule has 108 valence electrons. The van der Waals surface area contributed by atoms with Gasteiger partial charge < -0.3 is 9.73 Å². The van der Waals surface area contributed by atoms with E-state index in [1.807, 2.05) is 42.6 Å². The second kappa shape index (κ2) is 6.10. The molecule has 0 saturated carbocycles. The summed E-state index contributed by atoms with van der Waals surface area (Å²) in [5.41, 5.74) is 2.82. The van der Waals surface area contributed by atoms with Gasteiger partial charge in [0.1, 0.15) is 5.52 Å². The smallest absolute Gasteiger partial charge is 0.225 e. The van der Waals surface area contributed by atoms with E-state index in [4.69, 9.17) is 4.42 Å². The van der Waals surface area contributed by atoms with E-state index < -0.39 is 0 Å². The molecular formula is C16H16N2O2S. The zero-order valence-corrected chi connectivity index (χ0v) is 12.6. The van der Waals surface area contributed by atoms with Crippen LogP contribution in [-0.4, -0.2) is 17.4 Å². The summed E-state index contributed by atoms with van der Waals surface area (Å²) in [5.74, 6) is 0.738. The summed E-state index contributed by atoms with van der Waals surface area (Å²) < 4.78 is 5.44. The number of hydrogen-bond donors (Lipinski definition) is 1. The average molecular weight is 300 g/mol. The highest BCUT2D eigenvalue weighted by Gasteiger charge is 2.05. The number of benzene rings is 1. The summed E-state index contributed by atoms with van der Waals surface area (Å²) in [5, 5.41) is 4.93. The third-order valence-corrected chi connectivity index (χ3v) is 4.09. The lowest BCUT2D eigenvalue weighted by Crippen LogP contribution is -2.26. The van der Waals surface area contributed by atoms with Gasteiger partial charge in [-0.15, -0.1) is 11.3 Å². The highest BCUT2D eigenvalue weighted by atomic mass is 32.1. The maximum atomic E-state index is 11.8. The second-order valence-electron chi connectivity index (χ2n) is 4.89. The Labute approximate surface area is 126 Å². The van der Waals surface area contributed by atoms with Crippen LogP contribution in [-0.2, 0) is 17.6 Å². The highest BCUT2D eigenvalue weighted by Crippen LogP contribution is 2.16. The van der Waals surface area contributed by atoms with E-state index in [0.29, 0.717) is 18.9 Å². The van der Waals surface area contributed by atoms with Gasteiger partial charge in [-0.1, -0.05) is 12.1 Å². The Kier molecular flexibility index (Phi) is 4.01. The Bertz CT molecular complexity index is 747. The fraction of sp³-hybridized carbons (Fsp3) is 0.250. The predicted molar refractivity (Wildman–Crippen MR) is 83.5 cm³/mol. The number of nitrogens with zero attached hydrogens (tertiary/aromatic N) is 1. The van der Waals surface area contributed by atoms with Crippen LogP contribution in [0.4, 0.5) is 0 Å². The fourth-order valence-corrected chi connectivity index (χ4v) is 2.93. The van der Waals surface area contributed by atoms with E-state index >= 15 is 0 Å². The molecule has 0 unspecified atom stereocenters. The first-order valence-electron chi connectivity index (χ1n) is 6.86. The topological polar surface area (TPSA) is 55.1 Å². The van der Waals surface area contributed by atoms with Crippen molar-refractivity contribution >= 4 is 28.3 Å². The van der Waals surface area contributed by atoms with Gasteiger partial charge in [-0.3, -0.25) is 4.79 Å². The summed E-state index contributed by atoms with van der Waals surface area (Å²) in [6.45, 7) is 2.47. The molecule has 5 heteroatoms. The van der Waals surface area contributed by atoms with E-state index in [1.165, 1.54) is 0 Å². The van der Waals surface area contributed by atoms with Gasteiger partial charge in [0, 0.05) is 18.3 Å². The molecule has 2 aromatic heterocycles. The Morgan fingerprint density at radius 1 is 1.38 bits per heavy atom. The standard InChI is InChI=1S/C16H16N2O2S/c1-11-18-14-9-12(4-5-15(14)20-11)6-7-17-16(19)10-13-3-2-8-21-13/h2-5,8-9H,6-7,10H2,1H3,(H,17,19). The number of thiophene rings is 1. The van der Waals surface area contributed by atoms with Crippen molar-refractivity contribution in [2.24, 2.45) is 0 Å². The Morgan fingerprint density at radius 2 is 2.29 bits per heavy atom. The lowest BCUT2D eigenvalue weighted by molar-refractivity contribution is -0.120. The molecule has 3 rings (SSSR count). The molecule has 1 amide bonds. The minimum absolute atomic E-state index is 0.0656. The summed E-state index contributed by atoms with van der Waals surface area (Å²) in [6, 6.07) is 9.89. The molecule has 0 aliphatic rings. The van der Waals surface area contributed by atoms with Crippen LogP contribution in [0.15, 0.2) is 40.1 Å². The van der Waals surface area contributed by atoms with Gasteiger partial charge in [0.25, 0.3) is 0 Å².